The maximum absolute atomic E-state index is 5.37. The van der Waals surface area contributed by atoms with Gasteiger partial charge in [0.2, 0.25) is 0 Å². The number of guanidine groups is 1. The molecule has 0 amide bonds. The summed E-state index contributed by atoms with van der Waals surface area (Å²) in [5.74, 6) is 2.39. The molecule has 0 aliphatic heterocycles. The van der Waals surface area contributed by atoms with Crippen LogP contribution in [-0.2, 0) is 12.8 Å². The van der Waals surface area contributed by atoms with Gasteiger partial charge < -0.3 is 20.1 Å². The molecule has 2 aromatic rings. The van der Waals surface area contributed by atoms with Crippen LogP contribution < -0.4 is 20.1 Å². The van der Waals surface area contributed by atoms with Gasteiger partial charge in [0.25, 0.3) is 0 Å². The molecule has 0 spiro atoms. The fourth-order valence-electron chi connectivity index (χ4n) is 2.79. The molecule has 1 aromatic carbocycles. The molecule has 0 bridgehead atoms. The molecular weight excluding hydrogens is 372 g/mol. The standard InChI is InChI=1S/C21H32N4O2S/c1-6-22-21(24-13-11-20-25-15(2)16(3)28-20)23-12-7-8-17-9-10-18(26-4)19(14-17)27-5/h9-10,14H,6-8,11-13H2,1-5H3,(H2,22,23,24). The van der Waals surface area contributed by atoms with Gasteiger partial charge in [-0.3, -0.25) is 4.99 Å². The molecule has 2 N–H and O–H groups in total. The van der Waals surface area contributed by atoms with E-state index >= 15 is 0 Å². The minimum Gasteiger partial charge on any atom is -0.493 e. The Bertz CT molecular complexity index is 754. The van der Waals surface area contributed by atoms with Crippen LogP contribution in [0.3, 0.4) is 0 Å². The van der Waals surface area contributed by atoms with Gasteiger partial charge in [0, 0.05) is 30.9 Å². The van der Waals surface area contributed by atoms with Crippen LogP contribution in [0.5, 0.6) is 11.5 Å². The molecule has 1 aromatic heterocycles. The molecule has 2 rings (SSSR count). The maximum Gasteiger partial charge on any atom is 0.191 e. The summed E-state index contributed by atoms with van der Waals surface area (Å²) in [7, 11) is 3.31. The van der Waals surface area contributed by atoms with Crippen LogP contribution in [0.1, 0.15) is 34.5 Å². The van der Waals surface area contributed by atoms with E-state index in [1.165, 1.54) is 15.4 Å². The third kappa shape index (κ3) is 6.71. The second-order valence-corrected chi connectivity index (χ2v) is 7.77. The van der Waals surface area contributed by atoms with Gasteiger partial charge in [0.15, 0.2) is 17.5 Å². The van der Waals surface area contributed by atoms with Gasteiger partial charge in [-0.25, -0.2) is 4.98 Å². The predicted octanol–water partition coefficient (Wildman–Crippen LogP) is 3.51. The Kier molecular flexibility index (Phi) is 9.07. The number of methoxy groups -OCH3 is 2. The van der Waals surface area contributed by atoms with Crippen LogP contribution in [-0.4, -0.2) is 44.8 Å². The van der Waals surface area contributed by atoms with Gasteiger partial charge in [-0.1, -0.05) is 6.07 Å². The first-order chi connectivity index (χ1) is 13.6. The molecule has 6 nitrogen and oxygen atoms in total. The molecule has 0 aliphatic carbocycles. The molecular formula is C21H32N4O2S. The summed E-state index contributed by atoms with van der Waals surface area (Å²) in [6.07, 6.45) is 2.83. The summed E-state index contributed by atoms with van der Waals surface area (Å²) in [6, 6.07) is 6.06. The number of benzene rings is 1. The van der Waals surface area contributed by atoms with Crippen LogP contribution in [0, 0.1) is 13.8 Å². The number of aryl methyl sites for hydroxylation is 3. The van der Waals surface area contributed by atoms with Crippen molar-refractivity contribution in [1.82, 2.24) is 15.6 Å². The van der Waals surface area contributed by atoms with Gasteiger partial charge in [0.05, 0.1) is 24.9 Å². The van der Waals surface area contributed by atoms with Crippen molar-refractivity contribution in [3.8, 4) is 11.5 Å². The zero-order valence-corrected chi connectivity index (χ0v) is 18.4. The monoisotopic (exact) mass is 404 g/mol. The fraction of sp³-hybridized carbons (Fsp3) is 0.524. The molecule has 0 fully saturated rings. The lowest BCUT2D eigenvalue weighted by Gasteiger charge is -2.11. The highest BCUT2D eigenvalue weighted by molar-refractivity contribution is 7.11. The Labute approximate surface area is 172 Å². The Morgan fingerprint density at radius 2 is 1.89 bits per heavy atom. The Morgan fingerprint density at radius 3 is 2.54 bits per heavy atom. The van der Waals surface area contributed by atoms with E-state index < -0.39 is 0 Å². The first-order valence-electron chi connectivity index (χ1n) is 9.73. The average Bonchev–Trinajstić information content (AvgIpc) is 3.02. The van der Waals surface area contributed by atoms with Crippen LogP contribution in [0.4, 0.5) is 0 Å². The van der Waals surface area contributed by atoms with E-state index in [2.05, 4.69) is 47.4 Å². The highest BCUT2D eigenvalue weighted by Crippen LogP contribution is 2.27. The van der Waals surface area contributed by atoms with Gasteiger partial charge in [-0.15, -0.1) is 11.3 Å². The van der Waals surface area contributed by atoms with Gasteiger partial charge in [-0.05, 0) is 51.3 Å². The lowest BCUT2D eigenvalue weighted by Crippen LogP contribution is -2.38. The molecule has 0 saturated carbocycles. The van der Waals surface area contributed by atoms with E-state index in [4.69, 9.17) is 9.47 Å². The summed E-state index contributed by atoms with van der Waals surface area (Å²) >= 11 is 1.77. The number of ether oxygens (including phenoxy) is 2. The van der Waals surface area contributed by atoms with Crippen molar-refractivity contribution in [3.05, 3.63) is 39.3 Å². The maximum atomic E-state index is 5.37. The Morgan fingerprint density at radius 1 is 1.11 bits per heavy atom. The SMILES string of the molecule is CCNC(=NCCCc1ccc(OC)c(OC)c1)NCCc1nc(C)c(C)s1. The molecule has 28 heavy (non-hydrogen) atoms. The van der Waals surface area contributed by atoms with E-state index in [9.17, 15) is 0 Å². The quantitative estimate of drug-likeness (QED) is 0.360. The minimum atomic E-state index is 0.758. The molecule has 154 valence electrons. The zero-order valence-electron chi connectivity index (χ0n) is 17.6. The number of aliphatic imine (C=N–C) groups is 1. The van der Waals surface area contributed by atoms with Crippen molar-refractivity contribution in [2.45, 2.75) is 40.0 Å². The van der Waals surface area contributed by atoms with Gasteiger partial charge >= 0.3 is 0 Å². The minimum absolute atomic E-state index is 0.758. The average molecular weight is 405 g/mol. The van der Waals surface area contributed by atoms with Crippen LogP contribution in [0.15, 0.2) is 23.2 Å². The van der Waals surface area contributed by atoms with Crippen molar-refractivity contribution in [3.63, 3.8) is 0 Å². The molecule has 0 atom stereocenters. The number of nitrogens with zero attached hydrogens (tertiary/aromatic N) is 2. The zero-order chi connectivity index (χ0) is 20.4. The number of thiazole rings is 1. The lowest BCUT2D eigenvalue weighted by atomic mass is 10.1. The topological polar surface area (TPSA) is 67.8 Å². The number of nitrogens with one attached hydrogen (secondary N) is 2. The summed E-state index contributed by atoms with van der Waals surface area (Å²) in [4.78, 5) is 10.6. The number of hydrogen-bond acceptors (Lipinski definition) is 5. The number of rotatable bonds is 10. The largest absolute Gasteiger partial charge is 0.493 e. The molecule has 0 saturated heterocycles. The normalized spacial score (nSPS) is 11.4. The van der Waals surface area contributed by atoms with Crippen molar-refractivity contribution < 1.29 is 9.47 Å². The van der Waals surface area contributed by atoms with E-state index in [0.717, 1.165) is 62.0 Å². The number of hydrogen-bond donors (Lipinski definition) is 2. The van der Waals surface area contributed by atoms with E-state index in [1.807, 2.05) is 12.1 Å². The summed E-state index contributed by atoms with van der Waals surface area (Å²) in [6.45, 7) is 8.69. The summed E-state index contributed by atoms with van der Waals surface area (Å²) in [5, 5.41) is 7.87. The summed E-state index contributed by atoms with van der Waals surface area (Å²) in [5.41, 5.74) is 2.36. The van der Waals surface area contributed by atoms with E-state index in [-0.39, 0.29) is 0 Å². The highest BCUT2D eigenvalue weighted by atomic mass is 32.1. The third-order valence-electron chi connectivity index (χ3n) is 4.39. The molecule has 1 heterocycles. The first-order valence-corrected chi connectivity index (χ1v) is 10.5. The summed E-state index contributed by atoms with van der Waals surface area (Å²) < 4.78 is 10.7. The van der Waals surface area contributed by atoms with Crippen molar-refractivity contribution in [1.29, 1.82) is 0 Å². The van der Waals surface area contributed by atoms with Crippen LogP contribution in [0.25, 0.3) is 0 Å². The Hall–Kier alpha value is -2.28. The molecule has 0 radical (unpaired) electrons. The fourth-order valence-corrected chi connectivity index (χ4v) is 3.72. The van der Waals surface area contributed by atoms with Crippen LogP contribution >= 0.6 is 11.3 Å². The Balaban J connectivity index is 1.80. The predicted molar refractivity (Wildman–Crippen MR) is 117 cm³/mol. The molecule has 7 heteroatoms. The highest BCUT2D eigenvalue weighted by Gasteiger charge is 2.05. The van der Waals surface area contributed by atoms with E-state index in [1.54, 1.807) is 25.6 Å². The molecule has 0 aliphatic rings. The van der Waals surface area contributed by atoms with E-state index in [0.29, 0.717) is 0 Å². The lowest BCUT2D eigenvalue weighted by molar-refractivity contribution is 0.354. The second-order valence-electron chi connectivity index (χ2n) is 6.48. The van der Waals surface area contributed by atoms with Gasteiger partial charge in [-0.2, -0.15) is 0 Å². The molecule has 0 unspecified atom stereocenters. The van der Waals surface area contributed by atoms with Crippen molar-refractivity contribution in [2.75, 3.05) is 33.9 Å². The van der Waals surface area contributed by atoms with Gasteiger partial charge in [0.1, 0.15) is 0 Å². The second kappa shape index (κ2) is 11.5. The first kappa shape index (κ1) is 22.0. The van der Waals surface area contributed by atoms with Crippen molar-refractivity contribution >= 4 is 17.3 Å². The third-order valence-corrected chi connectivity index (χ3v) is 5.52. The van der Waals surface area contributed by atoms with Crippen molar-refractivity contribution in [2.24, 2.45) is 4.99 Å². The number of aromatic nitrogens is 1. The van der Waals surface area contributed by atoms with Crippen LogP contribution in [0.2, 0.25) is 0 Å². The smallest absolute Gasteiger partial charge is 0.191 e.